The Hall–Kier alpha value is -5.13. The molecule has 9 nitrogen and oxygen atoms in total. The van der Waals surface area contributed by atoms with Crippen molar-refractivity contribution in [3.05, 3.63) is 130 Å². The largest absolute Gasteiger partial charge is 0.325 e. The van der Waals surface area contributed by atoms with E-state index in [0.717, 1.165) is 11.8 Å². The molecule has 0 spiro atoms. The molecule has 0 radical (unpaired) electrons. The third kappa shape index (κ3) is 6.12. The summed E-state index contributed by atoms with van der Waals surface area (Å²) in [7, 11) is 0. The number of para-hydroxylation sites is 3. The number of rotatable bonds is 8. The number of nitro benzene ring substituents is 1. The third-order valence-electron chi connectivity index (χ3n) is 6.19. The van der Waals surface area contributed by atoms with Crippen LogP contribution in [0.3, 0.4) is 0 Å². The van der Waals surface area contributed by atoms with Gasteiger partial charge >= 0.3 is 0 Å². The van der Waals surface area contributed by atoms with Crippen LogP contribution in [0.2, 0.25) is 0 Å². The van der Waals surface area contributed by atoms with Crippen LogP contribution in [0.25, 0.3) is 6.08 Å². The number of nitrogens with one attached hydrogen (secondary N) is 1. The minimum Gasteiger partial charge on any atom is -0.325 e. The fraction of sp³-hybridized carbons (Fsp3) is 0.0323. The Bertz CT molecular complexity index is 1650. The van der Waals surface area contributed by atoms with Crippen molar-refractivity contribution in [2.75, 3.05) is 20.9 Å². The molecule has 0 aliphatic carbocycles. The van der Waals surface area contributed by atoms with Gasteiger partial charge in [0.05, 0.1) is 26.9 Å². The van der Waals surface area contributed by atoms with Crippen molar-refractivity contribution in [3.63, 3.8) is 0 Å². The van der Waals surface area contributed by atoms with E-state index in [0.29, 0.717) is 17.1 Å². The minimum atomic E-state index is -0.651. The van der Waals surface area contributed by atoms with E-state index < -0.39 is 16.7 Å². The topological polar surface area (TPSA) is 113 Å². The van der Waals surface area contributed by atoms with Crippen LogP contribution in [0.4, 0.5) is 22.7 Å². The number of hydrogen-bond acceptors (Lipinski definition) is 7. The van der Waals surface area contributed by atoms with Gasteiger partial charge in [-0.1, -0.05) is 60.7 Å². The molecule has 1 aliphatic rings. The average Bonchev–Trinajstić information content (AvgIpc) is 3.00. The minimum absolute atomic E-state index is 0.00828. The zero-order valence-electron chi connectivity index (χ0n) is 21.9. The first kappa shape index (κ1) is 28.4. The molecular weight excluding hydrogens is 572 g/mol. The highest BCUT2D eigenvalue weighted by Crippen LogP contribution is 2.33. The van der Waals surface area contributed by atoms with Gasteiger partial charge in [-0.15, -0.1) is 11.8 Å². The van der Waals surface area contributed by atoms with Crippen molar-refractivity contribution >= 4 is 75.6 Å². The first-order valence-electron chi connectivity index (χ1n) is 12.6. The van der Waals surface area contributed by atoms with E-state index in [1.807, 2.05) is 6.07 Å². The molecule has 1 fully saturated rings. The number of thioether (sulfide) groups is 1. The van der Waals surface area contributed by atoms with Gasteiger partial charge < -0.3 is 5.32 Å². The lowest BCUT2D eigenvalue weighted by molar-refractivity contribution is -0.387. The number of nitro groups is 1. The first-order valence-corrected chi connectivity index (χ1v) is 14.0. The summed E-state index contributed by atoms with van der Waals surface area (Å²) >= 11 is 6.62. The normalized spacial score (nSPS) is 13.2. The van der Waals surface area contributed by atoms with Crippen LogP contribution >= 0.6 is 24.0 Å². The van der Waals surface area contributed by atoms with Crippen LogP contribution in [0.15, 0.2) is 120 Å². The smallest absolute Gasteiger partial charge is 0.283 e. The van der Waals surface area contributed by atoms with E-state index in [1.54, 1.807) is 91.0 Å². The van der Waals surface area contributed by atoms with Crippen molar-refractivity contribution in [2.24, 2.45) is 0 Å². The number of benzene rings is 4. The Morgan fingerprint density at radius 1 is 0.833 bits per heavy atom. The van der Waals surface area contributed by atoms with Crippen LogP contribution in [0, 0.1) is 10.1 Å². The van der Waals surface area contributed by atoms with Gasteiger partial charge in [0.15, 0.2) is 5.11 Å². The van der Waals surface area contributed by atoms with Crippen LogP contribution in [-0.2, 0) is 14.4 Å². The van der Waals surface area contributed by atoms with Gasteiger partial charge in [-0.25, -0.2) is 0 Å². The summed E-state index contributed by atoms with van der Waals surface area (Å²) in [5.41, 5.74) is 1.36. The SMILES string of the molecule is O=C(CSc1ccc(C=C2C(=O)N(c3ccccc3)C(=S)N(c3ccccc3)C2=O)cc1[N+](=O)[O-])Nc1ccccc1. The monoisotopic (exact) mass is 594 g/mol. The van der Waals surface area contributed by atoms with Crippen LogP contribution in [-0.4, -0.2) is 33.5 Å². The summed E-state index contributed by atoms with van der Waals surface area (Å²) < 4.78 is 0. The Morgan fingerprint density at radius 3 is 1.88 bits per heavy atom. The maximum Gasteiger partial charge on any atom is 0.283 e. The zero-order chi connectivity index (χ0) is 29.6. The van der Waals surface area contributed by atoms with Crippen molar-refractivity contribution in [1.29, 1.82) is 0 Å². The molecule has 5 rings (SSSR count). The number of amides is 3. The fourth-order valence-corrected chi connectivity index (χ4v) is 5.44. The number of carbonyl (C=O) groups excluding carboxylic acids is 3. The first-order chi connectivity index (χ1) is 20.3. The van der Waals surface area contributed by atoms with Crippen molar-refractivity contribution in [3.8, 4) is 0 Å². The van der Waals surface area contributed by atoms with Gasteiger partial charge in [-0.05, 0) is 66.3 Å². The molecule has 0 aromatic heterocycles. The summed E-state index contributed by atoms with van der Waals surface area (Å²) in [4.78, 5) is 53.9. The van der Waals surface area contributed by atoms with Crippen LogP contribution in [0.1, 0.15) is 5.56 Å². The lowest BCUT2D eigenvalue weighted by Gasteiger charge is -2.36. The maximum atomic E-state index is 13.7. The molecule has 1 heterocycles. The molecule has 0 bridgehead atoms. The Kier molecular flexibility index (Phi) is 8.51. The van der Waals surface area contributed by atoms with E-state index >= 15 is 0 Å². The summed E-state index contributed by atoms with van der Waals surface area (Å²) in [5.74, 6) is -1.67. The van der Waals surface area contributed by atoms with E-state index in [2.05, 4.69) is 5.32 Å². The zero-order valence-corrected chi connectivity index (χ0v) is 23.5. The quantitative estimate of drug-likeness (QED) is 0.0658. The summed E-state index contributed by atoms with van der Waals surface area (Å²) in [6.45, 7) is 0. The lowest BCUT2D eigenvalue weighted by Crippen LogP contribution is -2.56. The van der Waals surface area contributed by atoms with Gasteiger partial charge in [0.2, 0.25) is 5.91 Å². The summed E-state index contributed by atoms with van der Waals surface area (Å²) in [6, 6.07) is 30.6. The summed E-state index contributed by atoms with van der Waals surface area (Å²) in [5, 5.41) is 14.7. The van der Waals surface area contributed by atoms with E-state index in [1.165, 1.54) is 28.0 Å². The Balaban J connectivity index is 1.46. The van der Waals surface area contributed by atoms with Crippen LogP contribution < -0.4 is 15.1 Å². The van der Waals surface area contributed by atoms with Gasteiger partial charge in [0.1, 0.15) is 5.57 Å². The van der Waals surface area contributed by atoms with Crippen molar-refractivity contribution in [2.45, 2.75) is 4.90 Å². The van der Waals surface area contributed by atoms with Crippen molar-refractivity contribution < 1.29 is 19.3 Å². The fourth-order valence-electron chi connectivity index (χ4n) is 4.26. The molecule has 1 N–H and O–H groups in total. The number of thiocarbonyl (C=S) groups is 1. The predicted molar refractivity (Wildman–Crippen MR) is 167 cm³/mol. The molecule has 0 unspecified atom stereocenters. The Morgan fingerprint density at radius 2 is 1.36 bits per heavy atom. The molecule has 208 valence electrons. The molecule has 1 saturated heterocycles. The third-order valence-corrected chi connectivity index (χ3v) is 7.61. The highest BCUT2D eigenvalue weighted by Gasteiger charge is 2.41. The molecule has 4 aromatic rings. The molecule has 4 aromatic carbocycles. The second-order valence-corrected chi connectivity index (χ2v) is 10.4. The molecule has 0 saturated carbocycles. The molecule has 0 atom stereocenters. The molecular formula is C31H22N4O5S2. The molecule has 3 amide bonds. The number of hydrogen-bond donors (Lipinski definition) is 1. The average molecular weight is 595 g/mol. The molecule has 11 heteroatoms. The lowest BCUT2D eigenvalue weighted by atomic mass is 10.0. The number of nitrogens with zero attached hydrogens (tertiary/aromatic N) is 3. The van der Waals surface area contributed by atoms with E-state index in [9.17, 15) is 24.5 Å². The number of carbonyl (C=O) groups is 3. The highest BCUT2D eigenvalue weighted by molar-refractivity contribution is 8.00. The molecule has 42 heavy (non-hydrogen) atoms. The Labute approximate surface area is 250 Å². The standard InChI is InChI=1S/C31H22N4O5S2/c36-28(32-22-10-4-1-5-11-22)20-42-27-17-16-21(19-26(27)35(39)40)18-25-29(37)33(23-12-6-2-7-13-23)31(41)34(30(25)38)24-14-8-3-9-15-24/h1-19H,20H2,(H,32,36). The van der Waals surface area contributed by atoms with Gasteiger partial charge in [0, 0.05) is 11.8 Å². The van der Waals surface area contributed by atoms with Gasteiger partial charge in [0.25, 0.3) is 17.5 Å². The summed E-state index contributed by atoms with van der Waals surface area (Å²) in [6.07, 6.45) is 1.32. The van der Waals surface area contributed by atoms with Crippen molar-refractivity contribution in [1.82, 2.24) is 0 Å². The van der Waals surface area contributed by atoms with E-state index in [4.69, 9.17) is 12.2 Å². The maximum absolute atomic E-state index is 13.7. The molecule has 1 aliphatic heterocycles. The highest BCUT2D eigenvalue weighted by atomic mass is 32.2. The van der Waals surface area contributed by atoms with Gasteiger partial charge in [-0.3, -0.25) is 34.3 Å². The van der Waals surface area contributed by atoms with Crippen LogP contribution in [0.5, 0.6) is 0 Å². The second-order valence-electron chi connectivity index (χ2n) is 8.98. The van der Waals surface area contributed by atoms with E-state index in [-0.39, 0.29) is 38.5 Å². The van der Waals surface area contributed by atoms with Gasteiger partial charge in [-0.2, -0.15) is 0 Å². The predicted octanol–water partition coefficient (Wildman–Crippen LogP) is 6.07. The second kappa shape index (κ2) is 12.6. The number of anilines is 3.